The molecule has 7 heteroatoms. The number of rotatable bonds is 6. The van der Waals surface area contributed by atoms with Gasteiger partial charge >= 0.3 is 0 Å². The summed E-state index contributed by atoms with van der Waals surface area (Å²) in [4.78, 5) is 4.16. The van der Waals surface area contributed by atoms with Crippen molar-refractivity contribution < 1.29 is 8.42 Å². The molecule has 23 heavy (non-hydrogen) atoms. The lowest BCUT2D eigenvalue weighted by Crippen LogP contribution is -2.31. The molecule has 1 aromatic heterocycles. The number of hydrogen-bond donors (Lipinski definition) is 2. The molecule has 2 aromatic rings. The zero-order valence-corrected chi connectivity index (χ0v) is 15.5. The molecule has 0 aliphatic heterocycles. The molecule has 1 aromatic carbocycles. The van der Waals surface area contributed by atoms with Crippen LogP contribution < -0.4 is 10.5 Å². The lowest BCUT2D eigenvalue weighted by molar-refractivity contribution is 0.573. The van der Waals surface area contributed by atoms with Crippen molar-refractivity contribution in [2.24, 2.45) is 5.73 Å². The largest absolute Gasteiger partial charge is 0.323 e. The van der Waals surface area contributed by atoms with Crippen LogP contribution in [-0.4, -0.2) is 19.9 Å². The highest BCUT2D eigenvalue weighted by Gasteiger charge is 2.21. The van der Waals surface area contributed by atoms with Gasteiger partial charge in [0.15, 0.2) is 4.21 Å². The quantitative estimate of drug-likeness (QED) is 0.836. The van der Waals surface area contributed by atoms with Crippen molar-refractivity contribution >= 4 is 21.4 Å². The van der Waals surface area contributed by atoms with Crippen LogP contribution in [0.3, 0.4) is 0 Å². The Kier molecular flexibility index (Phi) is 5.57. The van der Waals surface area contributed by atoms with Crippen LogP contribution in [0.15, 0.2) is 28.5 Å². The van der Waals surface area contributed by atoms with Gasteiger partial charge in [0.2, 0.25) is 0 Å². The van der Waals surface area contributed by atoms with E-state index in [4.69, 9.17) is 5.73 Å². The predicted octanol–water partition coefficient (Wildman–Crippen LogP) is 2.86. The van der Waals surface area contributed by atoms with E-state index in [0.29, 0.717) is 11.6 Å². The van der Waals surface area contributed by atoms with Crippen LogP contribution in [0, 0.1) is 13.8 Å². The third-order valence-corrected chi connectivity index (χ3v) is 6.74. The third-order valence-electron chi connectivity index (χ3n) is 3.63. The fourth-order valence-electron chi connectivity index (χ4n) is 2.27. The van der Waals surface area contributed by atoms with Gasteiger partial charge in [-0.3, -0.25) is 0 Å². The molecular formula is C16H23N3O2S2. The highest BCUT2D eigenvalue weighted by molar-refractivity contribution is 7.91. The number of hydrogen-bond acceptors (Lipinski definition) is 5. The fourth-order valence-corrected chi connectivity index (χ4v) is 4.86. The van der Waals surface area contributed by atoms with Crippen molar-refractivity contribution in [1.29, 1.82) is 0 Å². The van der Waals surface area contributed by atoms with Crippen molar-refractivity contribution in [1.82, 2.24) is 9.71 Å². The molecule has 0 saturated carbocycles. The number of sulfonamides is 1. The number of nitrogens with one attached hydrogen (secondary N) is 1. The van der Waals surface area contributed by atoms with Gasteiger partial charge in [0.1, 0.15) is 0 Å². The van der Waals surface area contributed by atoms with Crippen LogP contribution >= 0.6 is 11.3 Å². The zero-order valence-electron chi connectivity index (χ0n) is 13.8. The molecule has 0 bridgehead atoms. The zero-order chi connectivity index (χ0) is 17.2. The van der Waals surface area contributed by atoms with Gasteiger partial charge in [-0.15, -0.1) is 11.3 Å². The molecule has 5 nitrogen and oxygen atoms in total. The van der Waals surface area contributed by atoms with Crippen molar-refractivity contribution in [3.05, 3.63) is 46.1 Å². The predicted molar refractivity (Wildman–Crippen MR) is 94.2 cm³/mol. The summed E-state index contributed by atoms with van der Waals surface area (Å²) in [6.45, 7) is 7.89. The van der Waals surface area contributed by atoms with E-state index in [0.717, 1.165) is 10.6 Å². The summed E-state index contributed by atoms with van der Waals surface area (Å²) in [6.07, 6.45) is 0. The molecule has 0 fully saturated rings. The summed E-state index contributed by atoms with van der Waals surface area (Å²) in [5, 5.41) is 0.733. The summed E-state index contributed by atoms with van der Waals surface area (Å²) < 4.78 is 27.5. The lowest BCUT2D eigenvalue weighted by Gasteiger charge is -2.14. The molecule has 2 rings (SSSR count). The first-order valence-electron chi connectivity index (χ1n) is 7.50. The van der Waals surface area contributed by atoms with Gasteiger partial charge in [0.25, 0.3) is 10.0 Å². The standard InChI is InChI=1S/C16H23N3O2S2/c1-10(2)13-5-7-14(8-6-13)15(17)9-18-23(20,21)16-11(3)19-12(4)22-16/h5-8,10,15,18H,9,17H2,1-4H3. The molecule has 0 saturated heterocycles. The molecule has 0 aliphatic rings. The Morgan fingerprint density at radius 2 is 1.74 bits per heavy atom. The Morgan fingerprint density at radius 1 is 1.17 bits per heavy atom. The van der Waals surface area contributed by atoms with Crippen LogP contribution in [0.5, 0.6) is 0 Å². The number of nitrogens with two attached hydrogens (primary N) is 1. The first-order chi connectivity index (χ1) is 10.7. The van der Waals surface area contributed by atoms with Gasteiger partial charge in [0, 0.05) is 12.6 Å². The van der Waals surface area contributed by atoms with Crippen molar-refractivity contribution in [3.8, 4) is 0 Å². The van der Waals surface area contributed by atoms with E-state index < -0.39 is 10.0 Å². The van der Waals surface area contributed by atoms with Crippen molar-refractivity contribution in [3.63, 3.8) is 0 Å². The maximum Gasteiger partial charge on any atom is 0.252 e. The number of aryl methyl sites for hydroxylation is 2. The second kappa shape index (κ2) is 7.09. The van der Waals surface area contributed by atoms with Crippen molar-refractivity contribution in [2.45, 2.75) is 43.9 Å². The van der Waals surface area contributed by atoms with E-state index in [1.165, 1.54) is 16.9 Å². The normalized spacial score (nSPS) is 13.5. The average molecular weight is 354 g/mol. The van der Waals surface area contributed by atoms with Crippen LogP contribution in [0.2, 0.25) is 0 Å². The first-order valence-corrected chi connectivity index (χ1v) is 9.80. The Bertz CT molecular complexity index is 765. The number of aromatic nitrogens is 1. The molecule has 3 N–H and O–H groups in total. The van der Waals surface area contributed by atoms with Gasteiger partial charge in [0.05, 0.1) is 10.7 Å². The highest BCUT2D eigenvalue weighted by Crippen LogP contribution is 2.23. The maximum atomic E-state index is 12.3. The molecule has 1 unspecified atom stereocenters. The number of nitrogens with zero attached hydrogens (tertiary/aromatic N) is 1. The summed E-state index contributed by atoms with van der Waals surface area (Å²) in [5.41, 5.74) is 8.78. The van der Waals surface area contributed by atoms with Crippen molar-refractivity contribution in [2.75, 3.05) is 6.54 Å². The highest BCUT2D eigenvalue weighted by atomic mass is 32.2. The molecule has 1 heterocycles. The topological polar surface area (TPSA) is 85.1 Å². The monoisotopic (exact) mass is 353 g/mol. The smallest absolute Gasteiger partial charge is 0.252 e. The summed E-state index contributed by atoms with van der Waals surface area (Å²) >= 11 is 1.17. The van der Waals surface area contributed by atoms with Gasteiger partial charge in [-0.05, 0) is 30.9 Å². The third kappa shape index (κ3) is 4.38. The van der Waals surface area contributed by atoms with Gasteiger partial charge in [-0.25, -0.2) is 18.1 Å². The van der Waals surface area contributed by atoms with E-state index in [-0.39, 0.29) is 16.8 Å². The minimum Gasteiger partial charge on any atom is -0.323 e. The first kappa shape index (κ1) is 18.1. The van der Waals surface area contributed by atoms with Gasteiger partial charge < -0.3 is 5.73 Å². The van der Waals surface area contributed by atoms with E-state index in [1.807, 2.05) is 24.3 Å². The fraction of sp³-hybridized carbons (Fsp3) is 0.438. The SMILES string of the molecule is Cc1nc(C)c(S(=O)(=O)NCC(N)c2ccc(C(C)C)cc2)s1. The van der Waals surface area contributed by atoms with E-state index in [1.54, 1.807) is 13.8 Å². The minimum atomic E-state index is -3.57. The Labute approximate surface area is 142 Å². The molecule has 0 radical (unpaired) electrons. The molecule has 126 valence electrons. The van der Waals surface area contributed by atoms with Crippen LogP contribution in [0.4, 0.5) is 0 Å². The molecule has 1 atom stereocenters. The molecular weight excluding hydrogens is 330 g/mol. The molecule has 0 aliphatic carbocycles. The lowest BCUT2D eigenvalue weighted by atomic mass is 9.99. The number of thiazole rings is 1. The summed E-state index contributed by atoms with van der Waals surface area (Å²) in [7, 11) is -3.57. The van der Waals surface area contributed by atoms with Gasteiger partial charge in [-0.1, -0.05) is 38.1 Å². The van der Waals surface area contributed by atoms with Crippen LogP contribution in [0.1, 0.15) is 47.6 Å². The van der Waals surface area contributed by atoms with Crippen LogP contribution in [0.25, 0.3) is 0 Å². The Morgan fingerprint density at radius 3 is 2.22 bits per heavy atom. The van der Waals surface area contributed by atoms with Crippen LogP contribution in [-0.2, 0) is 10.0 Å². The second-order valence-electron chi connectivity index (χ2n) is 5.89. The Hall–Kier alpha value is -1.28. The van der Waals surface area contributed by atoms with E-state index in [2.05, 4.69) is 23.6 Å². The summed E-state index contributed by atoms with van der Waals surface area (Å²) in [6, 6.07) is 7.59. The summed E-state index contributed by atoms with van der Waals surface area (Å²) in [5.74, 6) is 0.455. The molecule has 0 spiro atoms. The number of benzene rings is 1. The van der Waals surface area contributed by atoms with E-state index in [9.17, 15) is 8.42 Å². The van der Waals surface area contributed by atoms with E-state index >= 15 is 0 Å². The minimum absolute atomic E-state index is 0.153. The average Bonchev–Trinajstić information content (AvgIpc) is 2.84. The van der Waals surface area contributed by atoms with Gasteiger partial charge in [-0.2, -0.15) is 0 Å². The Balaban J connectivity index is 2.06. The molecule has 0 amide bonds. The maximum absolute atomic E-state index is 12.3. The second-order valence-corrected chi connectivity index (χ2v) is 9.05.